The van der Waals surface area contributed by atoms with Crippen molar-refractivity contribution >= 4 is 5.97 Å². The van der Waals surface area contributed by atoms with E-state index in [0.717, 1.165) is 0 Å². The van der Waals surface area contributed by atoms with Crippen LogP contribution in [0.4, 0.5) is 0 Å². The van der Waals surface area contributed by atoms with Crippen molar-refractivity contribution in [3.05, 3.63) is 12.7 Å². The Morgan fingerprint density at radius 3 is 2.88 bits per heavy atom. The maximum absolute atomic E-state index is 10.2. The lowest BCUT2D eigenvalue weighted by Crippen LogP contribution is -2.00. The second-order valence-electron chi connectivity index (χ2n) is 1.11. The molecule has 0 radical (unpaired) electrons. The summed E-state index contributed by atoms with van der Waals surface area (Å²) >= 11 is 0. The average molecular weight is 116 g/mol. The number of hydrogen-bond acceptors (Lipinski definition) is 3. The van der Waals surface area contributed by atoms with E-state index in [9.17, 15) is 4.79 Å². The lowest BCUT2D eigenvalue weighted by Gasteiger charge is -1.92. The summed E-state index contributed by atoms with van der Waals surface area (Å²) in [6.07, 6.45) is 1.63. The van der Waals surface area contributed by atoms with Crippen molar-refractivity contribution < 1.29 is 14.6 Å². The van der Waals surface area contributed by atoms with Gasteiger partial charge in [-0.3, -0.25) is 4.89 Å². The van der Waals surface area contributed by atoms with Gasteiger partial charge in [0.25, 0.3) is 0 Å². The van der Waals surface area contributed by atoms with E-state index in [1.807, 2.05) is 0 Å². The molecule has 0 aliphatic heterocycles. The molecule has 0 N–H and O–H groups in total. The molecule has 0 rings (SSSR count). The predicted molar refractivity (Wildman–Crippen MR) is 27.9 cm³/mol. The largest absolute Gasteiger partial charge is 0.346 e. The molecule has 0 spiro atoms. The normalized spacial score (nSPS) is 8.12. The highest BCUT2D eigenvalue weighted by Gasteiger charge is 1.95. The lowest BCUT2D eigenvalue weighted by molar-refractivity contribution is -0.254. The van der Waals surface area contributed by atoms with Gasteiger partial charge in [-0.15, -0.1) is 6.58 Å². The fourth-order valence-electron chi connectivity index (χ4n) is 0.245. The Bertz CT molecular complexity index is 87.7. The van der Waals surface area contributed by atoms with E-state index in [-0.39, 0.29) is 6.42 Å². The van der Waals surface area contributed by atoms with Gasteiger partial charge in [0.15, 0.2) is 0 Å². The Labute approximate surface area is 47.8 Å². The summed E-state index contributed by atoms with van der Waals surface area (Å²) in [5.41, 5.74) is 0. The third-order valence-electron chi connectivity index (χ3n) is 0.487. The zero-order valence-corrected chi connectivity index (χ0v) is 4.72. The third kappa shape index (κ3) is 3.36. The summed E-state index contributed by atoms with van der Waals surface area (Å²) < 4.78 is 0. The molecular weight excluding hydrogens is 108 g/mol. The Kier molecular flexibility index (Phi) is 3.88. The molecule has 3 heteroatoms. The molecule has 8 heavy (non-hydrogen) atoms. The van der Waals surface area contributed by atoms with Crippen molar-refractivity contribution in [1.82, 2.24) is 0 Å². The van der Waals surface area contributed by atoms with E-state index in [2.05, 4.69) is 16.4 Å². The zero-order chi connectivity index (χ0) is 6.41. The SMILES string of the molecule is C=CCC(=O)OOC. The first kappa shape index (κ1) is 7.17. The molecule has 46 valence electrons. The first-order valence-electron chi connectivity index (χ1n) is 2.15. The minimum atomic E-state index is -0.428. The monoisotopic (exact) mass is 116 g/mol. The highest BCUT2D eigenvalue weighted by molar-refractivity contribution is 5.70. The van der Waals surface area contributed by atoms with Gasteiger partial charge in [0.1, 0.15) is 0 Å². The fourth-order valence-corrected chi connectivity index (χ4v) is 0.245. The van der Waals surface area contributed by atoms with Crippen molar-refractivity contribution in [2.75, 3.05) is 7.11 Å². The van der Waals surface area contributed by atoms with E-state index in [0.29, 0.717) is 0 Å². The van der Waals surface area contributed by atoms with Crippen LogP contribution in [0.1, 0.15) is 6.42 Å². The molecule has 0 aromatic heterocycles. The van der Waals surface area contributed by atoms with E-state index in [4.69, 9.17) is 0 Å². The minimum absolute atomic E-state index is 0.188. The Morgan fingerprint density at radius 1 is 1.88 bits per heavy atom. The molecule has 0 aromatic rings. The van der Waals surface area contributed by atoms with Gasteiger partial charge in [-0.25, -0.2) is 4.79 Å². The average Bonchev–Trinajstić information content (AvgIpc) is 1.68. The van der Waals surface area contributed by atoms with Crippen molar-refractivity contribution in [2.45, 2.75) is 6.42 Å². The molecule has 0 aliphatic carbocycles. The maximum atomic E-state index is 10.2. The molecule has 0 bridgehead atoms. The van der Waals surface area contributed by atoms with Gasteiger partial charge in [-0.2, -0.15) is 4.89 Å². The topological polar surface area (TPSA) is 35.5 Å². The van der Waals surface area contributed by atoms with Gasteiger partial charge in [0.2, 0.25) is 0 Å². The first-order chi connectivity index (χ1) is 3.81. The summed E-state index contributed by atoms with van der Waals surface area (Å²) in [4.78, 5) is 18.4. The predicted octanol–water partition coefficient (Wildman–Crippen LogP) is 0.667. The molecule has 0 saturated heterocycles. The van der Waals surface area contributed by atoms with Crippen LogP contribution in [-0.2, 0) is 14.6 Å². The molecule has 0 atom stereocenters. The molecule has 0 amide bonds. The van der Waals surface area contributed by atoms with Gasteiger partial charge in [0.05, 0.1) is 13.5 Å². The number of carbonyl (C=O) groups excluding carboxylic acids is 1. The van der Waals surface area contributed by atoms with E-state index >= 15 is 0 Å². The van der Waals surface area contributed by atoms with Gasteiger partial charge < -0.3 is 0 Å². The van der Waals surface area contributed by atoms with Crippen LogP contribution in [-0.4, -0.2) is 13.1 Å². The molecule has 0 aliphatic rings. The number of carbonyl (C=O) groups is 1. The third-order valence-corrected chi connectivity index (χ3v) is 0.487. The molecular formula is C5H8O3. The number of rotatable bonds is 3. The summed E-state index contributed by atoms with van der Waals surface area (Å²) in [5, 5.41) is 0. The van der Waals surface area contributed by atoms with Crippen LogP contribution < -0.4 is 0 Å². The molecule has 3 nitrogen and oxygen atoms in total. The van der Waals surface area contributed by atoms with E-state index in [1.165, 1.54) is 13.2 Å². The van der Waals surface area contributed by atoms with Crippen LogP contribution >= 0.6 is 0 Å². The maximum Gasteiger partial charge on any atom is 0.346 e. The van der Waals surface area contributed by atoms with Crippen LogP contribution in [0.25, 0.3) is 0 Å². The zero-order valence-electron chi connectivity index (χ0n) is 4.72. The Morgan fingerprint density at radius 2 is 2.50 bits per heavy atom. The number of hydrogen-bond donors (Lipinski definition) is 0. The van der Waals surface area contributed by atoms with Crippen molar-refractivity contribution in [2.24, 2.45) is 0 Å². The molecule has 0 heterocycles. The summed E-state index contributed by atoms with van der Waals surface area (Å²) in [5.74, 6) is -0.428. The van der Waals surface area contributed by atoms with E-state index < -0.39 is 5.97 Å². The molecule has 0 fully saturated rings. The lowest BCUT2D eigenvalue weighted by atomic mass is 10.4. The van der Waals surface area contributed by atoms with Crippen LogP contribution in [0.5, 0.6) is 0 Å². The minimum Gasteiger partial charge on any atom is -0.298 e. The molecule has 0 aromatic carbocycles. The van der Waals surface area contributed by atoms with Crippen LogP contribution in [0, 0.1) is 0 Å². The fraction of sp³-hybridized carbons (Fsp3) is 0.400. The van der Waals surface area contributed by atoms with Crippen molar-refractivity contribution in [1.29, 1.82) is 0 Å². The van der Waals surface area contributed by atoms with Crippen molar-refractivity contribution in [3.8, 4) is 0 Å². The molecule has 0 unspecified atom stereocenters. The standard InChI is InChI=1S/C5H8O3/c1-3-4-5(6)8-7-2/h3H,1,4H2,2H3. The summed E-state index contributed by atoms with van der Waals surface area (Å²) in [6, 6.07) is 0. The smallest absolute Gasteiger partial charge is 0.298 e. The van der Waals surface area contributed by atoms with Crippen molar-refractivity contribution in [3.63, 3.8) is 0 Å². The second kappa shape index (κ2) is 4.33. The van der Waals surface area contributed by atoms with Gasteiger partial charge in [0, 0.05) is 0 Å². The highest BCUT2D eigenvalue weighted by atomic mass is 17.2. The van der Waals surface area contributed by atoms with Crippen LogP contribution in [0.15, 0.2) is 12.7 Å². The quantitative estimate of drug-likeness (QED) is 0.309. The van der Waals surface area contributed by atoms with Gasteiger partial charge >= 0.3 is 5.97 Å². The van der Waals surface area contributed by atoms with Crippen LogP contribution in [0.2, 0.25) is 0 Å². The van der Waals surface area contributed by atoms with Crippen LogP contribution in [0.3, 0.4) is 0 Å². The van der Waals surface area contributed by atoms with Gasteiger partial charge in [-0.1, -0.05) is 6.08 Å². The van der Waals surface area contributed by atoms with E-state index in [1.54, 1.807) is 0 Å². The highest BCUT2D eigenvalue weighted by Crippen LogP contribution is 1.84. The first-order valence-corrected chi connectivity index (χ1v) is 2.15. The Balaban J connectivity index is 3.18. The summed E-state index contributed by atoms with van der Waals surface area (Å²) in [6.45, 7) is 3.33. The Hall–Kier alpha value is -0.830. The molecule has 0 saturated carbocycles. The van der Waals surface area contributed by atoms with Gasteiger partial charge in [-0.05, 0) is 0 Å². The second-order valence-corrected chi connectivity index (χ2v) is 1.11. The summed E-state index contributed by atoms with van der Waals surface area (Å²) in [7, 11) is 1.28.